The van der Waals surface area contributed by atoms with Crippen molar-refractivity contribution in [3.05, 3.63) is 5.01 Å². The van der Waals surface area contributed by atoms with Gasteiger partial charge >= 0.3 is 0 Å². The monoisotopic (exact) mass is 267 g/mol. The molecule has 2 N–H and O–H groups in total. The Morgan fingerprint density at radius 1 is 1.39 bits per heavy atom. The molecular formula is C13H21N3OS. The van der Waals surface area contributed by atoms with E-state index in [4.69, 9.17) is 10.5 Å². The fourth-order valence-electron chi connectivity index (χ4n) is 3.80. The van der Waals surface area contributed by atoms with Crippen LogP contribution in [0.5, 0.6) is 5.19 Å². The molecule has 0 aliphatic heterocycles. The lowest BCUT2D eigenvalue weighted by Crippen LogP contribution is -2.38. The van der Waals surface area contributed by atoms with Crippen LogP contribution in [-0.2, 0) is 6.54 Å². The summed E-state index contributed by atoms with van der Waals surface area (Å²) in [6.45, 7) is 7.59. The molecular weight excluding hydrogens is 246 g/mol. The number of hydrogen-bond acceptors (Lipinski definition) is 5. The molecule has 4 nitrogen and oxygen atoms in total. The van der Waals surface area contributed by atoms with Crippen LogP contribution in [0.15, 0.2) is 0 Å². The van der Waals surface area contributed by atoms with Crippen LogP contribution in [0.4, 0.5) is 0 Å². The Balaban J connectivity index is 1.79. The first-order chi connectivity index (χ1) is 8.47. The molecule has 3 rings (SSSR count). The maximum absolute atomic E-state index is 6.12. The maximum Gasteiger partial charge on any atom is 0.294 e. The van der Waals surface area contributed by atoms with Crippen LogP contribution in [0, 0.1) is 16.7 Å². The largest absolute Gasteiger partial charge is 0.465 e. The lowest BCUT2D eigenvalue weighted by atomic mass is 9.70. The predicted molar refractivity (Wildman–Crippen MR) is 71.4 cm³/mol. The Morgan fingerprint density at radius 2 is 2.17 bits per heavy atom. The minimum absolute atomic E-state index is 0.270. The maximum atomic E-state index is 6.12. The Hall–Kier alpha value is -0.680. The summed E-state index contributed by atoms with van der Waals surface area (Å²) in [5.41, 5.74) is 6.20. The van der Waals surface area contributed by atoms with Crippen molar-refractivity contribution in [2.45, 2.75) is 52.7 Å². The number of ether oxygens (including phenoxy) is 1. The van der Waals surface area contributed by atoms with E-state index in [0.29, 0.717) is 17.2 Å². The first-order valence-electron chi connectivity index (χ1n) is 6.66. The third kappa shape index (κ3) is 1.53. The molecule has 2 bridgehead atoms. The van der Waals surface area contributed by atoms with E-state index >= 15 is 0 Å². The van der Waals surface area contributed by atoms with Crippen molar-refractivity contribution < 1.29 is 4.74 Å². The molecule has 5 heteroatoms. The molecule has 0 amide bonds. The molecule has 2 saturated carbocycles. The quantitative estimate of drug-likeness (QED) is 0.914. The van der Waals surface area contributed by atoms with Crippen molar-refractivity contribution in [3.8, 4) is 5.19 Å². The van der Waals surface area contributed by atoms with Gasteiger partial charge < -0.3 is 10.5 Å². The van der Waals surface area contributed by atoms with Crippen LogP contribution in [0.1, 0.15) is 45.0 Å². The van der Waals surface area contributed by atoms with Crippen molar-refractivity contribution in [2.24, 2.45) is 22.5 Å². The molecule has 2 fully saturated rings. The summed E-state index contributed by atoms with van der Waals surface area (Å²) in [5.74, 6) is 0.786. The van der Waals surface area contributed by atoms with Gasteiger partial charge in [-0.3, -0.25) is 0 Å². The Labute approximate surface area is 112 Å². The fourth-order valence-corrected chi connectivity index (χ4v) is 4.41. The van der Waals surface area contributed by atoms with Crippen LogP contribution < -0.4 is 10.5 Å². The summed E-state index contributed by atoms with van der Waals surface area (Å²) < 4.78 is 6.12. The Bertz CT molecular complexity index is 459. The van der Waals surface area contributed by atoms with Crippen LogP contribution in [-0.4, -0.2) is 16.3 Å². The van der Waals surface area contributed by atoms with Crippen molar-refractivity contribution in [1.82, 2.24) is 10.2 Å². The second kappa shape index (κ2) is 3.90. The van der Waals surface area contributed by atoms with Crippen molar-refractivity contribution >= 4 is 11.3 Å². The average molecular weight is 267 g/mol. The average Bonchev–Trinajstić information content (AvgIpc) is 2.92. The third-order valence-corrected chi connectivity index (χ3v) is 6.42. The lowest BCUT2D eigenvalue weighted by molar-refractivity contribution is 0.0296. The molecule has 18 heavy (non-hydrogen) atoms. The number of hydrogen-bond donors (Lipinski definition) is 1. The van der Waals surface area contributed by atoms with Gasteiger partial charge in [0, 0.05) is 12.0 Å². The van der Waals surface area contributed by atoms with Gasteiger partial charge in [0.2, 0.25) is 0 Å². The smallest absolute Gasteiger partial charge is 0.294 e. The summed E-state index contributed by atoms with van der Waals surface area (Å²) in [6.07, 6.45) is 4.04. The normalized spacial score (nSPS) is 37.1. The van der Waals surface area contributed by atoms with E-state index in [2.05, 4.69) is 31.0 Å². The number of aromatic nitrogens is 2. The highest BCUT2D eigenvalue weighted by atomic mass is 32.1. The van der Waals surface area contributed by atoms with Crippen molar-refractivity contribution in [1.29, 1.82) is 0 Å². The zero-order valence-corrected chi connectivity index (χ0v) is 12.1. The van der Waals surface area contributed by atoms with Crippen molar-refractivity contribution in [3.63, 3.8) is 0 Å². The van der Waals surface area contributed by atoms with E-state index in [1.54, 1.807) is 0 Å². The highest BCUT2D eigenvalue weighted by Gasteiger charge is 2.62. The standard InChI is InChI=1S/C13H21N3OS/c1-12(2)8-4-5-13(12,3)9(6-8)17-11-16-15-10(7-14)18-11/h8-9H,4-7,14H2,1-3H3. The third-order valence-electron chi connectivity index (χ3n) is 5.58. The summed E-state index contributed by atoms with van der Waals surface area (Å²) in [7, 11) is 0. The highest BCUT2D eigenvalue weighted by molar-refractivity contribution is 7.13. The van der Waals surface area contributed by atoms with Gasteiger partial charge in [0.15, 0.2) is 0 Å². The summed E-state index contributed by atoms with van der Waals surface area (Å²) in [4.78, 5) is 0. The Morgan fingerprint density at radius 3 is 2.67 bits per heavy atom. The van der Waals surface area contributed by atoms with E-state index in [9.17, 15) is 0 Å². The molecule has 1 heterocycles. The molecule has 1 aromatic rings. The summed E-state index contributed by atoms with van der Waals surface area (Å²) >= 11 is 1.48. The van der Waals surface area contributed by atoms with Gasteiger partial charge in [-0.25, -0.2) is 0 Å². The van der Waals surface area contributed by atoms with Gasteiger partial charge in [-0.15, -0.1) is 5.10 Å². The second-order valence-corrected chi connectivity index (χ2v) is 7.41. The molecule has 1 aromatic heterocycles. The van der Waals surface area contributed by atoms with Crippen molar-refractivity contribution in [2.75, 3.05) is 0 Å². The van der Waals surface area contributed by atoms with E-state index in [1.165, 1.54) is 24.2 Å². The van der Waals surface area contributed by atoms with Gasteiger partial charge in [0.1, 0.15) is 11.1 Å². The second-order valence-electron chi connectivity index (χ2n) is 6.38. The first kappa shape index (κ1) is 12.4. The number of fused-ring (bicyclic) bond motifs is 2. The highest BCUT2D eigenvalue weighted by Crippen LogP contribution is 2.66. The molecule has 0 saturated heterocycles. The minimum Gasteiger partial charge on any atom is -0.465 e. The van der Waals surface area contributed by atoms with Crippen LogP contribution in [0.3, 0.4) is 0 Å². The van der Waals surface area contributed by atoms with Gasteiger partial charge in [0.05, 0.1) is 0 Å². The topological polar surface area (TPSA) is 61.0 Å². The number of rotatable bonds is 3. The molecule has 0 aromatic carbocycles. The molecule has 2 aliphatic carbocycles. The zero-order valence-electron chi connectivity index (χ0n) is 11.3. The van der Waals surface area contributed by atoms with Gasteiger partial charge in [-0.1, -0.05) is 37.2 Å². The van der Waals surface area contributed by atoms with Crippen LogP contribution in [0.2, 0.25) is 0 Å². The van der Waals surface area contributed by atoms with Crippen LogP contribution in [0.25, 0.3) is 0 Å². The van der Waals surface area contributed by atoms with E-state index in [1.807, 2.05) is 0 Å². The fraction of sp³-hybridized carbons (Fsp3) is 0.846. The molecule has 2 aliphatic rings. The molecule has 0 radical (unpaired) electrons. The zero-order chi connectivity index (χ0) is 13.0. The van der Waals surface area contributed by atoms with Gasteiger partial charge in [-0.05, 0) is 30.6 Å². The molecule has 0 spiro atoms. The summed E-state index contributed by atoms with van der Waals surface area (Å²) in [6, 6.07) is 0. The van der Waals surface area contributed by atoms with E-state index < -0.39 is 0 Å². The number of nitrogens with zero attached hydrogens (tertiary/aromatic N) is 2. The minimum atomic E-state index is 0.270. The summed E-state index contributed by atoms with van der Waals surface area (Å²) in [5, 5.41) is 9.63. The SMILES string of the molecule is CC1(C)C2CCC1(C)C(Oc1nnc(CN)s1)C2. The molecule has 3 atom stereocenters. The predicted octanol–water partition coefficient (Wildman–Crippen LogP) is 2.59. The van der Waals surface area contributed by atoms with E-state index in [-0.39, 0.29) is 11.5 Å². The first-order valence-corrected chi connectivity index (χ1v) is 7.48. The molecule has 100 valence electrons. The lowest BCUT2D eigenvalue weighted by Gasteiger charge is -2.38. The Kier molecular flexibility index (Phi) is 2.68. The van der Waals surface area contributed by atoms with E-state index in [0.717, 1.165) is 17.3 Å². The van der Waals surface area contributed by atoms with Crippen LogP contribution >= 0.6 is 11.3 Å². The van der Waals surface area contributed by atoms with Gasteiger partial charge in [-0.2, -0.15) is 0 Å². The van der Waals surface area contributed by atoms with Gasteiger partial charge in [0.25, 0.3) is 5.19 Å². The number of nitrogens with two attached hydrogens (primary N) is 1. The molecule has 3 unspecified atom stereocenters.